The van der Waals surface area contributed by atoms with E-state index in [0.29, 0.717) is 19.6 Å². The molecule has 5 nitrogen and oxygen atoms in total. The van der Waals surface area contributed by atoms with Gasteiger partial charge in [-0.1, -0.05) is 60.7 Å². The first-order valence-corrected chi connectivity index (χ1v) is 11.0. The molecule has 5 heteroatoms. The maximum Gasteiger partial charge on any atom is 0.245 e. The number of hydrogen-bond acceptors (Lipinski definition) is 3. The molecular weight excluding hydrogens is 374 g/mol. The topological polar surface area (TPSA) is 43.9 Å². The van der Waals surface area contributed by atoms with Gasteiger partial charge in [0.25, 0.3) is 0 Å². The van der Waals surface area contributed by atoms with Crippen LogP contribution in [-0.4, -0.2) is 65.3 Å². The molecule has 2 saturated heterocycles. The third-order valence-corrected chi connectivity index (χ3v) is 6.41. The van der Waals surface area contributed by atoms with Gasteiger partial charge < -0.3 is 9.80 Å². The van der Waals surface area contributed by atoms with Crippen molar-refractivity contribution >= 4 is 11.8 Å². The van der Waals surface area contributed by atoms with Gasteiger partial charge in [0.2, 0.25) is 11.8 Å². The van der Waals surface area contributed by atoms with Gasteiger partial charge in [-0.05, 0) is 30.4 Å². The van der Waals surface area contributed by atoms with E-state index in [-0.39, 0.29) is 23.9 Å². The largest absolute Gasteiger partial charge is 0.338 e. The summed E-state index contributed by atoms with van der Waals surface area (Å²) >= 11 is 0. The summed E-state index contributed by atoms with van der Waals surface area (Å²) in [5.74, 6) is 0.139. The fourth-order valence-corrected chi connectivity index (χ4v) is 4.86. The van der Waals surface area contributed by atoms with Crippen molar-refractivity contribution in [3.63, 3.8) is 0 Å². The smallest absolute Gasteiger partial charge is 0.245 e. The summed E-state index contributed by atoms with van der Waals surface area (Å²) in [6.45, 7) is 5.35. The number of nitrogens with zero attached hydrogens (tertiary/aromatic N) is 3. The van der Waals surface area contributed by atoms with Gasteiger partial charge >= 0.3 is 0 Å². The molecule has 4 rings (SSSR count). The zero-order chi connectivity index (χ0) is 20.9. The van der Waals surface area contributed by atoms with Crippen LogP contribution in [-0.2, 0) is 9.59 Å². The van der Waals surface area contributed by atoms with Crippen molar-refractivity contribution in [2.45, 2.75) is 38.3 Å². The monoisotopic (exact) mass is 405 g/mol. The Labute approximate surface area is 179 Å². The number of hydrogen-bond donors (Lipinski definition) is 0. The fraction of sp³-hybridized carbons (Fsp3) is 0.440. The number of likely N-dealkylation sites (tertiary alicyclic amines) is 1. The highest BCUT2D eigenvalue weighted by atomic mass is 16.2. The molecule has 0 spiro atoms. The van der Waals surface area contributed by atoms with Crippen molar-refractivity contribution < 1.29 is 9.59 Å². The van der Waals surface area contributed by atoms with Crippen molar-refractivity contribution in [1.82, 2.24) is 14.7 Å². The minimum absolute atomic E-state index is 0.0138. The van der Waals surface area contributed by atoms with Crippen LogP contribution in [0.5, 0.6) is 0 Å². The SMILES string of the molecule is CC(=O)N1CCCC[C@H]1C(=O)N1CCN(C(c2ccccc2)c2ccccc2)CC1. The van der Waals surface area contributed by atoms with Gasteiger partial charge in [-0.3, -0.25) is 14.5 Å². The Hall–Kier alpha value is -2.66. The van der Waals surface area contributed by atoms with Crippen LogP contribution in [0, 0.1) is 0 Å². The van der Waals surface area contributed by atoms with E-state index in [2.05, 4.69) is 53.4 Å². The van der Waals surface area contributed by atoms with E-state index >= 15 is 0 Å². The Morgan fingerprint density at radius 2 is 1.37 bits per heavy atom. The lowest BCUT2D eigenvalue weighted by Crippen LogP contribution is -2.57. The van der Waals surface area contributed by atoms with E-state index in [1.807, 2.05) is 17.0 Å². The molecule has 0 bridgehead atoms. The van der Waals surface area contributed by atoms with Crippen LogP contribution in [0.25, 0.3) is 0 Å². The summed E-state index contributed by atoms with van der Waals surface area (Å²) in [5, 5.41) is 0. The second kappa shape index (κ2) is 9.43. The summed E-state index contributed by atoms with van der Waals surface area (Å²) in [5.41, 5.74) is 2.55. The normalized spacial score (nSPS) is 20.4. The van der Waals surface area contributed by atoms with Crippen LogP contribution in [0.1, 0.15) is 43.4 Å². The molecule has 0 unspecified atom stereocenters. The average molecular weight is 406 g/mol. The molecule has 0 aromatic heterocycles. The van der Waals surface area contributed by atoms with Crippen molar-refractivity contribution in [1.29, 1.82) is 0 Å². The molecule has 2 amide bonds. The highest BCUT2D eigenvalue weighted by Gasteiger charge is 2.35. The standard InChI is InChI=1S/C25H31N3O2/c1-20(29)28-15-9-8-14-23(28)25(30)27-18-16-26(17-19-27)24(21-10-4-2-5-11-21)22-12-6-3-7-13-22/h2-7,10-13,23-24H,8-9,14-19H2,1H3/t23-/m0/s1. The van der Waals surface area contributed by atoms with Gasteiger partial charge in [-0.25, -0.2) is 0 Å². The van der Waals surface area contributed by atoms with Crippen LogP contribution in [0.15, 0.2) is 60.7 Å². The lowest BCUT2D eigenvalue weighted by atomic mass is 9.96. The predicted octanol–water partition coefficient (Wildman–Crippen LogP) is 3.32. The van der Waals surface area contributed by atoms with Gasteiger partial charge in [0, 0.05) is 39.6 Å². The predicted molar refractivity (Wildman–Crippen MR) is 118 cm³/mol. The van der Waals surface area contributed by atoms with Crippen molar-refractivity contribution in [3.8, 4) is 0 Å². The minimum atomic E-state index is -0.276. The number of benzene rings is 2. The van der Waals surface area contributed by atoms with Crippen LogP contribution in [0.2, 0.25) is 0 Å². The fourth-order valence-electron chi connectivity index (χ4n) is 4.86. The Kier molecular flexibility index (Phi) is 6.48. The molecular formula is C25H31N3O2. The number of amides is 2. The molecule has 0 N–H and O–H groups in total. The Bertz CT molecular complexity index is 808. The van der Waals surface area contributed by atoms with E-state index in [1.165, 1.54) is 11.1 Å². The Balaban J connectivity index is 1.47. The zero-order valence-electron chi connectivity index (χ0n) is 17.7. The van der Waals surface area contributed by atoms with Crippen LogP contribution in [0.4, 0.5) is 0 Å². The molecule has 2 aliphatic heterocycles. The third kappa shape index (κ3) is 4.41. The van der Waals surface area contributed by atoms with Crippen LogP contribution in [0.3, 0.4) is 0 Å². The van der Waals surface area contributed by atoms with E-state index in [4.69, 9.17) is 0 Å². The molecule has 30 heavy (non-hydrogen) atoms. The second-order valence-corrected chi connectivity index (χ2v) is 8.31. The molecule has 0 aliphatic carbocycles. The van der Waals surface area contributed by atoms with E-state index < -0.39 is 0 Å². The summed E-state index contributed by atoms with van der Waals surface area (Å²) in [6.07, 6.45) is 2.80. The molecule has 2 fully saturated rings. The van der Waals surface area contributed by atoms with Crippen molar-refractivity contribution in [2.75, 3.05) is 32.7 Å². The van der Waals surface area contributed by atoms with Crippen LogP contribution >= 0.6 is 0 Å². The first-order chi connectivity index (χ1) is 14.6. The number of carbonyl (C=O) groups is 2. The number of rotatable bonds is 4. The Morgan fingerprint density at radius 1 is 0.800 bits per heavy atom. The average Bonchev–Trinajstić information content (AvgIpc) is 2.81. The summed E-state index contributed by atoms with van der Waals surface area (Å²) < 4.78 is 0. The van der Waals surface area contributed by atoms with Gasteiger partial charge in [0.05, 0.1) is 6.04 Å². The highest BCUT2D eigenvalue weighted by Crippen LogP contribution is 2.30. The molecule has 1 atom stereocenters. The van der Waals surface area contributed by atoms with E-state index in [1.54, 1.807) is 11.8 Å². The third-order valence-electron chi connectivity index (χ3n) is 6.41. The summed E-state index contributed by atoms with van der Waals surface area (Å²) in [4.78, 5) is 31.4. The first-order valence-electron chi connectivity index (χ1n) is 11.0. The van der Waals surface area contributed by atoms with Crippen molar-refractivity contribution in [2.24, 2.45) is 0 Å². The van der Waals surface area contributed by atoms with E-state index in [9.17, 15) is 9.59 Å². The molecule has 158 valence electrons. The van der Waals surface area contributed by atoms with Crippen LogP contribution < -0.4 is 0 Å². The number of piperazine rings is 1. The number of carbonyl (C=O) groups excluding carboxylic acids is 2. The number of piperidine rings is 1. The van der Waals surface area contributed by atoms with Gasteiger partial charge in [-0.15, -0.1) is 0 Å². The zero-order valence-corrected chi connectivity index (χ0v) is 17.7. The lowest BCUT2D eigenvalue weighted by molar-refractivity contribution is -0.147. The van der Waals surface area contributed by atoms with Gasteiger partial charge in [0.15, 0.2) is 0 Å². The first kappa shape index (κ1) is 20.6. The quantitative estimate of drug-likeness (QED) is 0.784. The highest BCUT2D eigenvalue weighted by molar-refractivity contribution is 5.87. The lowest BCUT2D eigenvalue weighted by Gasteiger charge is -2.42. The molecule has 2 aromatic rings. The maximum absolute atomic E-state index is 13.2. The minimum Gasteiger partial charge on any atom is -0.338 e. The molecule has 2 aliphatic rings. The molecule has 2 heterocycles. The molecule has 0 radical (unpaired) electrons. The van der Waals surface area contributed by atoms with E-state index in [0.717, 1.165) is 32.4 Å². The van der Waals surface area contributed by atoms with Gasteiger partial charge in [-0.2, -0.15) is 0 Å². The summed E-state index contributed by atoms with van der Waals surface area (Å²) in [6, 6.07) is 21.1. The molecule has 2 aromatic carbocycles. The van der Waals surface area contributed by atoms with Gasteiger partial charge in [0.1, 0.15) is 6.04 Å². The summed E-state index contributed by atoms with van der Waals surface area (Å²) in [7, 11) is 0. The second-order valence-electron chi connectivity index (χ2n) is 8.31. The Morgan fingerprint density at radius 3 is 1.90 bits per heavy atom. The maximum atomic E-state index is 13.2. The molecule has 0 saturated carbocycles. The van der Waals surface area contributed by atoms with Crippen molar-refractivity contribution in [3.05, 3.63) is 71.8 Å².